The summed E-state index contributed by atoms with van der Waals surface area (Å²) in [6.07, 6.45) is 0. The Kier molecular flexibility index (Phi) is 20.7. The van der Waals surface area contributed by atoms with Crippen LogP contribution >= 0.6 is 0 Å². The molecule has 0 aliphatic rings. The zero-order chi connectivity index (χ0) is 92.6. The maximum absolute atomic E-state index is 2.45. The summed E-state index contributed by atoms with van der Waals surface area (Å²) in [6, 6.07) is 160. The fraction of sp³-hybridized carbons (Fsp3) is 0.113. The molecule has 22 aromatic carbocycles. The van der Waals surface area contributed by atoms with Gasteiger partial charge in [-0.15, -0.1) is 0 Å². The van der Waals surface area contributed by atoms with Gasteiger partial charge in [-0.25, -0.2) is 0 Å². The van der Waals surface area contributed by atoms with Gasteiger partial charge in [-0.2, -0.15) is 0 Å². The highest BCUT2D eigenvalue weighted by Gasteiger charge is 2.28. The van der Waals surface area contributed by atoms with Crippen LogP contribution in [-0.4, -0.2) is 13.7 Å². The summed E-state index contributed by atoms with van der Waals surface area (Å²) in [7, 11) is 0. The van der Waals surface area contributed by atoms with Crippen LogP contribution in [0.4, 0.5) is 0 Å². The molecule has 0 amide bonds. The quantitative estimate of drug-likeness (QED) is 0.128. The summed E-state index contributed by atoms with van der Waals surface area (Å²) in [4.78, 5) is 0. The number of rotatable bonds is 9. The van der Waals surface area contributed by atoms with Crippen LogP contribution in [0.3, 0.4) is 0 Å². The van der Waals surface area contributed by atoms with E-state index in [9.17, 15) is 0 Å². The SMILES string of the molecule is CC(C)(C)c1ccc2c(-c3cccc(-n4c5ccccc5c5ccccc54)c3)c3ccccc3c(-c3ccc4ccccc4c3)c2c1.Cc1cc(C)cc(-c2c3ccccc3c(-c3ccc(-n4c5ccccc5c5ccccc54)cc3)c3cc(C(C)(C)C)ccc23)c1.Cc1ccc(-c2c3ccccc3c(-c3cccc(-n4c5ccccc5c5ccccc54)c3)c3ccc(C(C)(C)C)cc23)cc1. The van der Waals surface area contributed by atoms with Gasteiger partial charge in [-0.1, -0.05) is 413 Å². The molecule has 0 saturated heterocycles. The van der Waals surface area contributed by atoms with Gasteiger partial charge in [0, 0.05) is 49.4 Å². The van der Waals surface area contributed by atoms with Crippen LogP contribution in [0.25, 0.3) is 225 Å². The molecule has 0 unspecified atom stereocenters. The zero-order valence-electron chi connectivity index (χ0n) is 79.3. The van der Waals surface area contributed by atoms with Gasteiger partial charge in [0.05, 0.1) is 33.1 Å². The molecule has 136 heavy (non-hydrogen) atoms. The minimum atomic E-state index is 0.0249. The van der Waals surface area contributed by atoms with Gasteiger partial charge in [0.2, 0.25) is 0 Å². The van der Waals surface area contributed by atoms with Gasteiger partial charge < -0.3 is 13.7 Å². The number of para-hydroxylation sites is 6. The molecular formula is C133H107N3. The lowest BCUT2D eigenvalue weighted by Gasteiger charge is -2.23. The third-order valence-corrected chi connectivity index (χ3v) is 28.5. The number of hydrogen-bond acceptors (Lipinski definition) is 0. The molecule has 0 atom stereocenters. The Morgan fingerprint density at radius 3 is 0.743 bits per heavy atom. The molecule has 3 nitrogen and oxygen atoms in total. The fourth-order valence-electron chi connectivity index (χ4n) is 22.0. The highest BCUT2D eigenvalue weighted by Crippen LogP contribution is 2.52. The molecule has 654 valence electrons. The number of benzene rings is 22. The summed E-state index contributed by atoms with van der Waals surface area (Å²) in [5, 5.41) is 25.7. The minimum Gasteiger partial charge on any atom is -0.309 e. The van der Waals surface area contributed by atoms with Crippen molar-refractivity contribution in [3.8, 4) is 83.8 Å². The third-order valence-electron chi connectivity index (χ3n) is 28.5. The first-order chi connectivity index (χ1) is 66.1. The summed E-state index contributed by atoms with van der Waals surface area (Å²) in [5.74, 6) is 0. The van der Waals surface area contributed by atoms with Crippen LogP contribution in [0.5, 0.6) is 0 Å². The smallest absolute Gasteiger partial charge is 0.0541 e. The van der Waals surface area contributed by atoms with Crippen molar-refractivity contribution < 1.29 is 0 Å². The van der Waals surface area contributed by atoms with Gasteiger partial charge in [-0.3, -0.25) is 0 Å². The van der Waals surface area contributed by atoms with E-state index in [1.165, 1.54) is 258 Å². The lowest BCUT2D eigenvalue weighted by molar-refractivity contribution is 0.591. The summed E-state index contributed by atoms with van der Waals surface area (Å²) < 4.78 is 7.22. The molecule has 0 spiro atoms. The number of hydrogen-bond donors (Lipinski definition) is 0. The molecule has 0 aliphatic carbocycles. The second-order valence-corrected chi connectivity index (χ2v) is 40.5. The van der Waals surface area contributed by atoms with E-state index in [4.69, 9.17) is 0 Å². The van der Waals surface area contributed by atoms with Crippen molar-refractivity contribution in [1.82, 2.24) is 13.7 Å². The lowest BCUT2D eigenvalue weighted by atomic mass is 9.81. The molecule has 0 N–H and O–H groups in total. The molecule has 3 heteroatoms. The largest absolute Gasteiger partial charge is 0.309 e. The topological polar surface area (TPSA) is 14.8 Å². The van der Waals surface area contributed by atoms with Crippen LogP contribution in [-0.2, 0) is 16.2 Å². The summed E-state index contributed by atoms with van der Waals surface area (Å²) in [5.41, 5.74) is 34.1. The maximum Gasteiger partial charge on any atom is 0.0541 e. The van der Waals surface area contributed by atoms with E-state index in [0.717, 1.165) is 0 Å². The molecule has 0 bridgehead atoms. The maximum atomic E-state index is 2.45. The van der Waals surface area contributed by atoms with E-state index in [2.05, 4.69) is 527 Å². The first-order valence-electron chi connectivity index (χ1n) is 48.0. The van der Waals surface area contributed by atoms with Gasteiger partial charge in [0.1, 0.15) is 0 Å². The highest BCUT2D eigenvalue weighted by atomic mass is 15.0. The number of nitrogens with zero attached hydrogens (tertiary/aromatic N) is 3. The molecule has 0 saturated carbocycles. The van der Waals surface area contributed by atoms with Crippen LogP contribution in [0.1, 0.15) is 95.7 Å². The Labute approximate surface area is 796 Å². The zero-order valence-corrected chi connectivity index (χ0v) is 79.3. The fourth-order valence-corrected chi connectivity index (χ4v) is 22.0. The Balaban J connectivity index is 0.000000115. The molecule has 0 radical (unpaired) electrons. The van der Waals surface area contributed by atoms with E-state index in [-0.39, 0.29) is 16.2 Å². The monoisotopic (exact) mass is 1750 g/mol. The second-order valence-electron chi connectivity index (χ2n) is 40.5. The van der Waals surface area contributed by atoms with Crippen LogP contribution < -0.4 is 0 Å². The van der Waals surface area contributed by atoms with E-state index >= 15 is 0 Å². The van der Waals surface area contributed by atoms with Crippen molar-refractivity contribution in [1.29, 1.82) is 0 Å². The van der Waals surface area contributed by atoms with E-state index < -0.39 is 0 Å². The highest BCUT2D eigenvalue weighted by molar-refractivity contribution is 6.26. The molecule has 3 aromatic heterocycles. The first kappa shape index (κ1) is 84.3. The molecular weight excluding hydrogens is 1640 g/mol. The summed E-state index contributed by atoms with van der Waals surface area (Å²) >= 11 is 0. The van der Waals surface area contributed by atoms with Gasteiger partial charge in [0.25, 0.3) is 0 Å². The average molecular weight is 1750 g/mol. The van der Waals surface area contributed by atoms with Gasteiger partial charge >= 0.3 is 0 Å². The van der Waals surface area contributed by atoms with Crippen molar-refractivity contribution in [3.05, 3.63) is 464 Å². The van der Waals surface area contributed by atoms with E-state index in [0.29, 0.717) is 0 Å². The second kappa shape index (κ2) is 33.4. The average Bonchev–Trinajstić information content (AvgIpc) is 0.998. The molecule has 3 heterocycles. The van der Waals surface area contributed by atoms with Crippen LogP contribution in [0, 0.1) is 20.8 Å². The Morgan fingerprint density at radius 2 is 0.404 bits per heavy atom. The van der Waals surface area contributed by atoms with E-state index in [1.807, 2.05) is 0 Å². The predicted octanol–water partition coefficient (Wildman–Crippen LogP) is 37.2. The molecule has 25 rings (SSSR count). The Hall–Kier alpha value is -15.9. The standard InChI is InChI=1S/C46H35N.C44H37N.C43H35N/c1-46(2,3)34-25-26-40-41(29-34)45(33-24-23-30-13-4-5-14-31(30)27-33)39-20-7-6-19-38(39)44(40)32-15-12-16-35(28-32)47-42-21-10-8-17-36(42)37-18-9-11-22-43(37)47;1-28-24-29(2)26-31(25-28)43-37-15-7-6-14-36(37)42(39-27-32(44(3,4)5)20-23-38(39)43)30-18-21-33(22-19-30)45-40-16-10-8-12-34(40)35-13-9-11-17-41(35)45;1-28-20-22-29(23-21-28)41-35-16-5-6-17-36(35)42(37-25-24-31(27-38(37)41)43(2,3)4)30-12-11-13-32(26-30)44-39-18-9-7-14-33(39)34-15-8-10-19-40(34)44/h4-29H,1-3H3;6-27H,1-5H3;5-27H,1-4H3. The molecule has 0 aliphatic heterocycles. The van der Waals surface area contributed by atoms with Crippen molar-refractivity contribution in [2.75, 3.05) is 0 Å². The number of aryl methyl sites for hydroxylation is 3. The molecule has 0 fully saturated rings. The Bertz CT molecular complexity index is 8930. The predicted molar refractivity (Wildman–Crippen MR) is 588 cm³/mol. The van der Waals surface area contributed by atoms with Crippen molar-refractivity contribution >= 4 is 141 Å². The lowest BCUT2D eigenvalue weighted by Crippen LogP contribution is -2.10. The van der Waals surface area contributed by atoms with Gasteiger partial charge in [-0.05, 0) is 293 Å². The van der Waals surface area contributed by atoms with Crippen molar-refractivity contribution in [3.63, 3.8) is 0 Å². The minimum absolute atomic E-state index is 0.0249. The van der Waals surface area contributed by atoms with Gasteiger partial charge in [0.15, 0.2) is 0 Å². The third kappa shape index (κ3) is 14.7. The van der Waals surface area contributed by atoms with E-state index in [1.54, 1.807) is 0 Å². The Morgan fingerprint density at radius 1 is 0.147 bits per heavy atom. The van der Waals surface area contributed by atoms with Crippen molar-refractivity contribution in [2.45, 2.75) is 99.3 Å². The number of fused-ring (bicyclic) bond motifs is 16. The van der Waals surface area contributed by atoms with Crippen LogP contribution in [0.15, 0.2) is 431 Å². The normalized spacial score (nSPS) is 12.1. The first-order valence-corrected chi connectivity index (χ1v) is 48.0. The number of aromatic nitrogens is 3. The van der Waals surface area contributed by atoms with Crippen LogP contribution in [0.2, 0.25) is 0 Å². The molecule has 25 aromatic rings. The van der Waals surface area contributed by atoms with Crippen molar-refractivity contribution in [2.24, 2.45) is 0 Å². The summed E-state index contributed by atoms with van der Waals surface area (Å²) in [6.45, 7) is 27.3.